The Labute approximate surface area is 109 Å². The molecule has 0 unspecified atom stereocenters. The minimum atomic E-state index is -0.257. The third-order valence-electron chi connectivity index (χ3n) is 3.23. The Bertz CT molecular complexity index is 227. The van der Waals surface area contributed by atoms with E-state index in [0.717, 1.165) is 39.1 Å². The predicted octanol–water partition coefficient (Wildman–Crippen LogP) is 0.919. The van der Waals surface area contributed by atoms with E-state index < -0.39 is 0 Å². The van der Waals surface area contributed by atoms with Crippen LogP contribution in [0.1, 0.15) is 13.3 Å². The largest absolute Gasteiger partial charge is 0.372 e. The van der Waals surface area contributed by atoms with Gasteiger partial charge in [-0.1, -0.05) is 6.92 Å². The van der Waals surface area contributed by atoms with Gasteiger partial charge >= 0.3 is 0 Å². The monoisotopic (exact) mass is 260 g/mol. The summed E-state index contributed by atoms with van der Waals surface area (Å²) < 4.78 is 5.20. The van der Waals surface area contributed by atoms with E-state index >= 15 is 0 Å². The van der Waals surface area contributed by atoms with Gasteiger partial charge < -0.3 is 9.64 Å². The Morgan fingerprint density at radius 2 is 2.00 bits per heavy atom. The number of carbonyl (C=O) groups is 1. The fourth-order valence-electron chi connectivity index (χ4n) is 2.06. The average Bonchev–Trinajstić information content (AvgIpc) is 2.38. The first-order valence-corrected chi connectivity index (χ1v) is 7.65. The van der Waals surface area contributed by atoms with Gasteiger partial charge in [-0.25, -0.2) is 0 Å². The van der Waals surface area contributed by atoms with Crippen molar-refractivity contribution in [2.75, 3.05) is 51.8 Å². The van der Waals surface area contributed by atoms with E-state index in [1.54, 1.807) is 7.11 Å². The lowest BCUT2D eigenvalue weighted by Crippen LogP contribution is -2.52. The number of ether oxygens (including phenoxy) is 1. The second-order valence-electron chi connectivity index (χ2n) is 4.29. The quantitative estimate of drug-likeness (QED) is 0.711. The molecule has 1 fully saturated rings. The molecule has 100 valence electrons. The lowest BCUT2D eigenvalue weighted by atomic mass is 10.2. The molecule has 1 aliphatic rings. The maximum absolute atomic E-state index is 12.1. The van der Waals surface area contributed by atoms with Gasteiger partial charge in [0.05, 0.1) is 0 Å². The van der Waals surface area contributed by atoms with Gasteiger partial charge in [-0.2, -0.15) is 11.8 Å². The number of methoxy groups -OCH3 is 1. The second-order valence-corrected chi connectivity index (χ2v) is 5.28. The molecule has 1 rings (SSSR count). The Hall–Kier alpha value is -0.260. The highest BCUT2D eigenvalue weighted by molar-refractivity contribution is 7.98. The second kappa shape index (κ2) is 7.95. The molecule has 0 bridgehead atoms. The van der Waals surface area contributed by atoms with Gasteiger partial charge in [-0.05, 0) is 12.7 Å². The summed E-state index contributed by atoms with van der Waals surface area (Å²) in [4.78, 5) is 16.4. The van der Waals surface area contributed by atoms with E-state index in [1.807, 2.05) is 23.6 Å². The average molecular weight is 260 g/mol. The van der Waals surface area contributed by atoms with Gasteiger partial charge in [0.2, 0.25) is 0 Å². The molecule has 17 heavy (non-hydrogen) atoms. The SMILES string of the molecule is CC[C@@H](OC)C(=O)N1CCN(CCSC)CC1. The fourth-order valence-corrected chi connectivity index (χ4v) is 2.50. The highest BCUT2D eigenvalue weighted by Gasteiger charge is 2.25. The molecule has 4 nitrogen and oxygen atoms in total. The normalized spacial score (nSPS) is 19.4. The zero-order valence-electron chi connectivity index (χ0n) is 11.1. The van der Waals surface area contributed by atoms with Gasteiger partial charge in [0.25, 0.3) is 5.91 Å². The van der Waals surface area contributed by atoms with Crippen LogP contribution >= 0.6 is 11.8 Å². The molecular weight excluding hydrogens is 236 g/mol. The van der Waals surface area contributed by atoms with Crippen LogP contribution in [-0.4, -0.2) is 73.7 Å². The molecule has 0 radical (unpaired) electrons. The van der Waals surface area contributed by atoms with Crippen molar-refractivity contribution in [1.82, 2.24) is 9.80 Å². The Kier molecular flexibility index (Phi) is 6.92. The minimum absolute atomic E-state index is 0.152. The van der Waals surface area contributed by atoms with Crippen molar-refractivity contribution >= 4 is 17.7 Å². The number of amides is 1. The topological polar surface area (TPSA) is 32.8 Å². The zero-order chi connectivity index (χ0) is 12.7. The van der Waals surface area contributed by atoms with Crippen molar-refractivity contribution in [2.45, 2.75) is 19.4 Å². The van der Waals surface area contributed by atoms with E-state index in [1.165, 1.54) is 5.75 Å². The van der Waals surface area contributed by atoms with E-state index in [-0.39, 0.29) is 12.0 Å². The number of nitrogens with zero attached hydrogens (tertiary/aromatic N) is 2. The molecule has 5 heteroatoms. The smallest absolute Gasteiger partial charge is 0.251 e. The predicted molar refractivity (Wildman–Crippen MR) is 72.5 cm³/mol. The van der Waals surface area contributed by atoms with E-state index in [9.17, 15) is 4.79 Å². The number of hydrogen-bond acceptors (Lipinski definition) is 4. The standard InChI is InChI=1S/C12H24N2O2S/c1-4-11(16-2)12(15)14-7-5-13(6-8-14)9-10-17-3/h11H,4-10H2,1-3H3/t11-/m1/s1. The molecule has 0 aromatic rings. The lowest BCUT2D eigenvalue weighted by Gasteiger charge is -2.35. The summed E-state index contributed by atoms with van der Waals surface area (Å²) in [7, 11) is 1.61. The molecule has 0 aromatic carbocycles. The minimum Gasteiger partial charge on any atom is -0.372 e. The van der Waals surface area contributed by atoms with Crippen molar-refractivity contribution in [2.24, 2.45) is 0 Å². The van der Waals surface area contributed by atoms with Crippen LogP contribution in [0.3, 0.4) is 0 Å². The van der Waals surface area contributed by atoms with Crippen molar-refractivity contribution < 1.29 is 9.53 Å². The summed E-state index contributed by atoms with van der Waals surface area (Å²) >= 11 is 1.87. The molecule has 1 aliphatic heterocycles. The first-order chi connectivity index (χ1) is 8.22. The van der Waals surface area contributed by atoms with Crippen LogP contribution in [0.5, 0.6) is 0 Å². The Morgan fingerprint density at radius 1 is 1.35 bits per heavy atom. The maximum Gasteiger partial charge on any atom is 0.251 e. The van der Waals surface area contributed by atoms with Crippen molar-refractivity contribution in [3.05, 3.63) is 0 Å². The Morgan fingerprint density at radius 3 is 2.47 bits per heavy atom. The fraction of sp³-hybridized carbons (Fsp3) is 0.917. The molecule has 1 atom stereocenters. The van der Waals surface area contributed by atoms with Crippen LogP contribution in [0, 0.1) is 0 Å². The molecule has 0 saturated carbocycles. The maximum atomic E-state index is 12.1. The molecule has 0 aliphatic carbocycles. The summed E-state index contributed by atoms with van der Waals surface area (Å²) in [6.07, 6.45) is 2.62. The molecule has 0 spiro atoms. The zero-order valence-corrected chi connectivity index (χ0v) is 12.0. The van der Waals surface area contributed by atoms with Crippen LogP contribution < -0.4 is 0 Å². The van der Waals surface area contributed by atoms with Crippen molar-refractivity contribution in [3.8, 4) is 0 Å². The third kappa shape index (κ3) is 4.48. The van der Waals surface area contributed by atoms with Gasteiger partial charge in [-0.3, -0.25) is 9.69 Å². The molecule has 0 aromatic heterocycles. The van der Waals surface area contributed by atoms with Crippen molar-refractivity contribution in [3.63, 3.8) is 0 Å². The van der Waals surface area contributed by atoms with Crippen LogP contribution in [0.2, 0.25) is 0 Å². The van der Waals surface area contributed by atoms with Crippen LogP contribution in [0.25, 0.3) is 0 Å². The summed E-state index contributed by atoms with van der Waals surface area (Å²) in [6, 6.07) is 0. The first-order valence-electron chi connectivity index (χ1n) is 6.25. The summed E-state index contributed by atoms with van der Waals surface area (Å²) in [6.45, 7) is 6.78. The summed E-state index contributed by atoms with van der Waals surface area (Å²) in [5.74, 6) is 1.32. The van der Waals surface area contributed by atoms with E-state index in [0.29, 0.717) is 0 Å². The van der Waals surface area contributed by atoms with E-state index in [4.69, 9.17) is 4.74 Å². The number of rotatable bonds is 6. The number of thioether (sulfide) groups is 1. The summed E-state index contributed by atoms with van der Waals surface area (Å²) in [5, 5.41) is 0. The molecule has 0 N–H and O–H groups in total. The number of hydrogen-bond donors (Lipinski definition) is 0. The first kappa shape index (κ1) is 14.8. The molecular formula is C12H24N2O2S. The van der Waals surface area contributed by atoms with Gasteiger partial charge in [0.15, 0.2) is 0 Å². The lowest BCUT2D eigenvalue weighted by molar-refractivity contribution is -0.143. The molecule has 1 heterocycles. The van der Waals surface area contributed by atoms with Crippen LogP contribution in [0.15, 0.2) is 0 Å². The Balaban J connectivity index is 2.33. The highest BCUT2D eigenvalue weighted by atomic mass is 32.2. The number of carbonyl (C=O) groups excluding carboxylic acids is 1. The third-order valence-corrected chi connectivity index (χ3v) is 3.82. The summed E-state index contributed by atoms with van der Waals surface area (Å²) in [5.41, 5.74) is 0. The van der Waals surface area contributed by atoms with Crippen LogP contribution in [0.4, 0.5) is 0 Å². The number of piperazine rings is 1. The van der Waals surface area contributed by atoms with Crippen molar-refractivity contribution in [1.29, 1.82) is 0 Å². The van der Waals surface area contributed by atoms with Gasteiger partial charge in [0.1, 0.15) is 6.10 Å². The van der Waals surface area contributed by atoms with Crippen LogP contribution in [-0.2, 0) is 9.53 Å². The molecule has 1 amide bonds. The molecule has 1 saturated heterocycles. The highest BCUT2D eigenvalue weighted by Crippen LogP contribution is 2.08. The van der Waals surface area contributed by atoms with Gasteiger partial charge in [-0.15, -0.1) is 0 Å². The van der Waals surface area contributed by atoms with E-state index in [2.05, 4.69) is 11.2 Å². The van der Waals surface area contributed by atoms with Gasteiger partial charge in [0, 0.05) is 45.6 Å².